The lowest BCUT2D eigenvalue weighted by atomic mass is 9.82. The molecule has 0 saturated heterocycles. The van der Waals surface area contributed by atoms with E-state index in [1.54, 1.807) is 44.2 Å². The van der Waals surface area contributed by atoms with Crippen molar-refractivity contribution in [2.24, 2.45) is 0 Å². The standard InChI is InChI=1S/C20H16O4/c1-11-10-15(24-3)17-14(21)9-12(2)19(22)18(17)16(11)20(23)13-7-5-4-6-8-13/h4-10H,1-3H3. The highest BCUT2D eigenvalue weighted by atomic mass is 16.5. The summed E-state index contributed by atoms with van der Waals surface area (Å²) in [7, 11) is 1.44. The fourth-order valence-corrected chi connectivity index (χ4v) is 2.98. The smallest absolute Gasteiger partial charge is 0.194 e. The van der Waals surface area contributed by atoms with Gasteiger partial charge in [0.15, 0.2) is 17.3 Å². The zero-order valence-corrected chi connectivity index (χ0v) is 13.7. The Labute approximate surface area is 139 Å². The van der Waals surface area contributed by atoms with Crippen molar-refractivity contribution in [2.45, 2.75) is 13.8 Å². The van der Waals surface area contributed by atoms with Gasteiger partial charge in [0.2, 0.25) is 0 Å². The van der Waals surface area contributed by atoms with Gasteiger partial charge in [-0.3, -0.25) is 14.4 Å². The number of methoxy groups -OCH3 is 1. The Balaban J connectivity index is 2.33. The van der Waals surface area contributed by atoms with Crippen molar-refractivity contribution in [3.63, 3.8) is 0 Å². The number of fused-ring (bicyclic) bond motifs is 1. The van der Waals surface area contributed by atoms with Crippen molar-refractivity contribution in [3.8, 4) is 5.75 Å². The zero-order valence-electron chi connectivity index (χ0n) is 13.7. The van der Waals surface area contributed by atoms with Gasteiger partial charge in [-0.2, -0.15) is 0 Å². The molecule has 0 fully saturated rings. The normalized spacial score (nSPS) is 13.4. The second-order valence-electron chi connectivity index (χ2n) is 5.74. The molecule has 4 nitrogen and oxygen atoms in total. The molecule has 0 aromatic heterocycles. The first kappa shape index (κ1) is 15.9. The minimum Gasteiger partial charge on any atom is -0.496 e. The number of carbonyl (C=O) groups is 3. The minimum absolute atomic E-state index is 0.144. The largest absolute Gasteiger partial charge is 0.496 e. The van der Waals surface area contributed by atoms with Crippen molar-refractivity contribution in [2.75, 3.05) is 7.11 Å². The van der Waals surface area contributed by atoms with Crippen molar-refractivity contribution in [1.82, 2.24) is 0 Å². The molecule has 0 spiro atoms. The number of carbonyl (C=O) groups excluding carboxylic acids is 3. The monoisotopic (exact) mass is 320 g/mol. The van der Waals surface area contributed by atoms with Gasteiger partial charge in [0.25, 0.3) is 0 Å². The summed E-state index contributed by atoms with van der Waals surface area (Å²) in [5.41, 5.74) is 1.98. The van der Waals surface area contributed by atoms with Gasteiger partial charge in [0.05, 0.1) is 12.7 Å². The summed E-state index contributed by atoms with van der Waals surface area (Å²) in [5, 5.41) is 0. The van der Waals surface area contributed by atoms with Crippen molar-refractivity contribution in [3.05, 3.63) is 75.9 Å². The van der Waals surface area contributed by atoms with E-state index in [2.05, 4.69) is 0 Å². The number of ether oxygens (including phenoxy) is 1. The zero-order chi connectivity index (χ0) is 17.4. The summed E-state index contributed by atoms with van der Waals surface area (Å²) in [6.45, 7) is 3.32. The lowest BCUT2D eigenvalue weighted by Crippen LogP contribution is -2.22. The van der Waals surface area contributed by atoms with Crippen LogP contribution in [0.4, 0.5) is 0 Å². The molecule has 0 bridgehead atoms. The van der Waals surface area contributed by atoms with E-state index in [0.29, 0.717) is 22.4 Å². The fraction of sp³-hybridized carbons (Fsp3) is 0.150. The maximum Gasteiger partial charge on any atom is 0.194 e. The molecule has 0 aliphatic heterocycles. The van der Waals surface area contributed by atoms with E-state index in [0.717, 1.165) is 0 Å². The van der Waals surface area contributed by atoms with Gasteiger partial charge in [-0.1, -0.05) is 30.3 Å². The van der Waals surface area contributed by atoms with E-state index in [1.165, 1.54) is 13.2 Å². The average molecular weight is 320 g/mol. The molecule has 24 heavy (non-hydrogen) atoms. The Morgan fingerprint density at radius 1 is 1.00 bits per heavy atom. The molecule has 0 heterocycles. The molecular formula is C20H16O4. The van der Waals surface area contributed by atoms with Crippen LogP contribution in [-0.2, 0) is 0 Å². The molecule has 0 unspecified atom stereocenters. The summed E-state index contributed by atoms with van der Waals surface area (Å²) in [4.78, 5) is 38.1. The molecular weight excluding hydrogens is 304 g/mol. The molecule has 4 heteroatoms. The van der Waals surface area contributed by atoms with Gasteiger partial charge in [-0.25, -0.2) is 0 Å². The van der Waals surface area contributed by atoms with Crippen LogP contribution in [0.15, 0.2) is 48.0 Å². The van der Waals surface area contributed by atoms with Gasteiger partial charge >= 0.3 is 0 Å². The summed E-state index contributed by atoms with van der Waals surface area (Å²) in [6.07, 6.45) is 1.29. The number of aryl methyl sites for hydroxylation is 1. The first-order valence-electron chi connectivity index (χ1n) is 7.54. The van der Waals surface area contributed by atoms with Gasteiger partial charge in [-0.15, -0.1) is 0 Å². The van der Waals surface area contributed by atoms with E-state index >= 15 is 0 Å². The molecule has 2 aromatic rings. The minimum atomic E-state index is -0.318. The number of allylic oxidation sites excluding steroid dienone is 2. The molecule has 0 radical (unpaired) electrons. The third-order valence-electron chi connectivity index (χ3n) is 4.15. The van der Waals surface area contributed by atoms with Gasteiger partial charge < -0.3 is 4.74 Å². The molecule has 3 rings (SSSR count). The van der Waals surface area contributed by atoms with E-state index in [4.69, 9.17) is 4.74 Å². The third kappa shape index (κ3) is 2.36. The molecule has 1 aliphatic carbocycles. The molecule has 120 valence electrons. The predicted octanol–water partition coefficient (Wildman–Crippen LogP) is 3.56. The van der Waals surface area contributed by atoms with Crippen molar-refractivity contribution in [1.29, 1.82) is 0 Å². The Kier molecular flexibility index (Phi) is 3.89. The maximum absolute atomic E-state index is 13.0. The van der Waals surface area contributed by atoms with E-state index in [1.807, 2.05) is 6.07 Å². The van der Waals surface area contributed by atoms with Gasteiger partial charge in [0, 0.05) is 22.3 Å². The molecule has 0 saturated carbocycles. The number of Topliss-reactive ketones (excluding diaryl/α,β-unsaturated/α-hetero) is 1. The predicted molar refractivity (Wildman–Crippen MR) is 90.0 cm³/mol. The van der Waals surface area contributed by atoms with Crippen LogP contribution in [0, 0.1) is 6.92 Å². The maximum atomic E-state index is 13.0. The van der Waals surface area contributed by atoms with E-state index in [9.17, 15) is 14.4 Å². The molecule has 2 aromatic carbocycles. The van der Waals surface area contributed by atoms with Crippen LogP contribution in [0.25, 0.3) is 0 Å². The van der Waals surface area contributed by atoms with Crippen molar-refractivity contribution < 1.29 is 19.1 Å². The van der Waals surface area contributed by atoms with Crippen LogP contribution in [0.3, 0.4) is 0 Å². The number of ketones is 3. The molecule has 0 amide bonds. The van der Waals surface area contributed by atoms with Crippen LogP contribution >= 0.6 is 0 Å². The van der Waals surface area contributed by atoms with E-state index in [-0.39, 0.29) is 34.0 Å². The number of hydrogen-bond acceptors (Lipinski definition) is 4. The highest BCUT2D eigenvalue weighted by Gasteiger charge is 2.33. The van der Waals surface area contributed by atoms with Crippen LogP contribution in [0.5, 0.6) is 5.75 Å². The second kappa shape index (κ2) is 5.89. The number of hydrogen-bond donors (Lipinski definition) is 0. The summed E-state index contributed by atoms with van der Waals surface area (Å²) in [5.74, 6) is -0.594. The molecule has 0 N–H and O–H groups in total. The van der Waals surface area contributed by atoms with Crippen LogP contribution in [0.1, 0.15) is 49.1 Å². The van der Waals surface area contributed by atoms with Crippen LogP contribution in [0.2, 0.25) is 0 Å². The summed E-state index contributed by atoms with van der Waals surface area (Å²) in [6, 6.07) is 10.4. The molecule has 0 atom stereocenters. The topological polar surface area (TPSA) is 60.4 Å². The Morgan fingerprint density at radius 3 is 2.29 bits per heavy atom. The van der Waals surface area contributed by atoms with Gasteiger partial charge in [0.1, 0.15) is 5.75 Å². The van der Waals surface area contributed by atoms with Crippen molar-refractivity contribution >= 4 is 17.3 Å². The second-order valence-corrected chi connectivity index (χ2v) is 5.74. The average Bonchev–Trinajstić information content (AvgIpc) is 2.58. The van der Waals surface area contributed by atoms with Crippen LogP contribution in [-0.4, -0.2) is 24.5 Å². The lowest BCUT2D eigenvalue weighted by molar-refractivity contribution is 0.0972. The SMILES string of the molecule is COc1cc(C)c(C(=O)c2ccccc2)c2c1C(=O)C=C(C)C2=O. The third-order valence-corrected chi connectivity index (χ3v) is 4.15. The Morgan fingerprint density at radius 2 is 1.67 bits per heavy atom. The first-order chi connectivity index (χ1) is 11.5. The summed E-state index contributed by atoms with van der Waals surface area (Å²) >= 11 is 0. The summed E-state index contributed by atoms with van der Waals surface area (Å²) < 4.78 is 5.27. The Bertz CT molecular complexity index is 905. The van der Waals surface area contributed by atoms with E-state index < -0.39 is 0 Å². The van der Waals surface area contributed by atoms with Gasteiger partial charge in [-0.05, 0) is 31.6 Å². The molecule has 1 aliphatic rings. The number of rotatable bonds is 3. The highest BCUT2D eigenvalue weighted by Crippen LogP contribution is 2.35. The highest BCUT2D eigenvalue weighted by molar-refractivity contribution is 6.30. The first-order valence-corrected chi connectivity index (χ1v) is 7.54. The quantitative estimate of drug-likeness (QED) is 0.811. The van der Waals surface area contributed by atoms with Crippen LogP contribution < -0.4 is 4.74 Å². The Hall–Kier alpha value is -3.01. The lowest BCUT2D eigenvalue weighted by Gasteiger charge is -2.21. The number of benzene rings is 2. The fourth-order valence-electron chi connectivity index (χ4n) is 2.98.